The van der Waals surface area contributed by atoms with E-state index in [1.807, 2.05) is 73.4 Å². The van der Waals surface area contributed by atoms with E-state index in [4.69, 9.17) is 17.0 Å². The average molecular weight is 417 g/mol. The third kappa shape index (κ3) is 5.75. The molecule has 0 saturated carbocycles. The summed E-state index contributed by atoms with van der Waals surface area (Å²) >= 11 is 0. The van der Waals surface area contributed by atoms with Crippen LogP contribution in [0.4, 0.5) is 11.4 Å². The summed E-state index contributed by atoms with van der Waals surface area (Å²) in [5, 5.41) is 0. The standard InChI is InChI=1S/C23H24BN3O4/c1-26(2)18-9-11-19-21(14-18)31-23(29)20(25-19)10-6-16-4-7-17(8-5-16)27(3)12-13-30-22(28)15-24/h4-11,14H,12-13,15H2,1-3H3. The number of nitrogens with zero attached hydrogens (tertiary/aromatic N) is 3. The van der Waals surface area contributed by atoms with Gasteiger partial charge in [0.2, 0.25) is 0 Å². The minimum absolute atomic E-state index is 0.119. The molecule has 0 saturated heterocycles. The van der Waals surface area contributed by atoms with Crippen LogP contribution < -0.4 is 15.4 Å². The van der Waals surface area contributed by atoms with Crippen LogP contribution in [0.3, 0.4) is 0 Å². The smallest absolute Gasteiger partial charge is 0.362 e. The van der Waals surface area contributed by atoms with E-state index in [0.717, 1.165) is 16.9 Å². The van der Waals surface area contributed by atoms with Crippen LogP contribution >= 0.6 is 0 Å². The average Bonchev–Trinajstić information content (AvgIpc) is 2.77. The van der Waals surface area contributed by atoms with Crippen molar-refractivity contribution in [3.05, 3.63) is 64.1 Å². The lowest BCUT2D eigenvalue weighted by molar-refractivity contribution is -0.140. The van der Waals surface area contributed by atoms with Crippen LogP contribution in [0.5, 0.6) is 0 Å². The van der Waals surface area contributed by atoms with Crippen LogP contribution in [0.2, 0.25) is 6.32 Å². The van der Waals surface area contributed by atoms with Gasteiger partial charge in [0, 0.05) is 44.9 Å². The van der Waals surface area contributed by atoms with Crippen LogP contribution in [-0.4, -0.2) is 53.1 Å². The van der Waals surface area contributed by atoms with Crippen LogP contribution in [0.15, 0.2) is 51.7 Å². The molecule has 0 unspecified atom stereocenters. The first-order chi connectivity index (χ1) is 14.9. The summed E-state index contributed by atoms with van der Waals surface area (Å²) in [4.78, 5) is 31.7. The number of likely N-dealkylation sites (N-methyl/N-ethyl adjacent to an activating group) is 1. The molecule has 0 N–H and O–H groups in total. The van der Waals surface area contributed by atoms with E-state index < -0.39 is 11.6 Å². The summed E-state index contributed by atoms with van der Waals surface area (Å²) in [5.41, 5.74) is 3.66. The van der Waals surface area contributed by atoms with Crippen LogP contribution in [0.1, 0.15) is 11.3 Å². The number of fused-ring (bicyclic) bond motifs is 1. The van der Waals surface area contributed by atoms with Gasteiger partial charge < -0.3 is 19.0 Å². The highest BCUT2D eigenvalue weighted by molar-refractivity contribution is 6.18. The number of aromatic nitrogens is 1. The lowest BCUT2D eigenvalue weighted by atomic mass is 10.1. The second kappa shape index (κ2) is 9.97. The molecule has 31 heavy (non-hydrogen) atoms. The van der Waals surface area contributed by atoms with Gasteiger partial charge in [0.25, 0.3) is 5.97 Å². The van der Waals surface area contributed by atoms with Crippen molar-refractivity contribution in [2.45, 2.75) is 6.32 Å². The van der Waals surface area contributed by atoms with E-state index in [1.54, 1.807) is 12.1 Å². The number of hydrogen-bond donors (Lipinski definition) is 0. The SMILES string of the molecule is [B]CC(=O)OCCN(C)c1ccc(C=Cc2nc3ccc(N(C)C)cc3oc2=O)cc1. The molecule has 7 nitrogen and oxygen atoms in total. The lowest BCUT2D eigenvalue weighted by Crippen LogP contribution is -2.23. The third-order valence-electron chi connectivity index (χ3n) is 4.74. The zero-order valence-corrected chi connectivity index (χ0v) is 17.9. The molecule has 0 amide bonds. The number of anilines is 2. The molecule has 0 aliphatic heterocycles. The van der Waals surface area contributed by atoms with Crippen molar-refractivity contribution >= 4 is 48.4 Å². The summed E-state index contributed by atoms with van der Waals surface area (Å²) in [5.74, 6) is -0.418. The van der Waals surface area contributed by atoms with Gasteiger partial charge in [-0.05, 0) is 35.9 Å². The zero-order chi connectivity index (χ0) is 22.4. The Labute approximate surface area is 182 Å². The Hall–Kier alpha value is -3.55. The van der Waals surface area contributed by atoms with E-state index in [-0.39, 0.29) is 18.6 Å². The van der Waals surface area contributed by atoms with Gasteiger partial charge in [0.1, 0.15) is 17.8 Å². The molecule has 1 aromatic heterocycles. The van der Waals surface area contributed by atoms with Gasteiger partial charge in [-0.1, -0.05) is 18.2 Å². The maximum Gasteiger partial charge on any atom is 0.362 e. The van der Waals surface area contributed by atoms with E-state index >= 15 is 0 Å². The fourth-order valence-corrected chi connectivity index (χ4v) is 2.89. The normalized spacial score (nSPS) is 11.1. The summed E-state index contributed by atoms with van der Waals surface area (Å²) in [6.45, 7) is 0.826. The largest absolute Gasteiger partial charge is 0.464 e. The highest BCUT2D eigenvalue weighted by Gasteiger charge is 2.07. The summed E-state index contributed by atoms with van der Waals surface area (Å²) in [7, 11) is 11.0. The first-order valence-corrected chi connectivity index (χ1v) is 9.84. The van der Waals surface area contributed by atoms with Crippen LogP contribution in [0, 0.1) is 0 Å². The highest BCUT2D eigenvalue weighted by atomic mass is 16.5. The summed E-state index contributed by atoms with van der Waals surface area (Å²) in [6.07, 6.45) is 3.34. The molecule has 1 heterocycles. The Kier molecular flexibility index (Phi) is 7.13. The minimum Gasteiger partial charge on any atom is -0.464 e. The molecular weight excluding hydrogens is 393 g/mol. The number of carbonyl (C=O) groups excluding carboxylic acids is 1. The van der Waals surface area contributed by atoms with Crippen LogP contribution in [0.25, 0.3) is 23.3 Å². The molecule has 0 aliphatic carbocycles. The second-order valence-corrected chi connectivity index (χ2v) is 7.20. The predicted molar refractivity (Wildman–Crippen MR) is 125 cm³/mol. The molecule has 3 rings (SSSR count). The molecule has 2 aromatic carbocycles. The minimum atomic E-state index is -0.483. The predicted octanol–water partition coefficient (Wildman–Crippen LogP) is 2.99. The number of hydrogen-bond acceptors (Lipinski definition) is 7. The zero-order valence-electron chi connectivity index (χ0n) is 17.9. The Morgan fingerprint density at radius 1 is 1.10 bits per heavy atom. The Morgan fingerprint density at radius 2 is 1.81 bits per heavy atom. The van der Waals surface area contributed by atoms with Gasteiger partial charge >= 0.3 is 5.63 Å². The summed E-state index contributed by atoms with van der Waals surface area (Å²) in [6, 6.07) is 13.3. The first kappa shape index (κ1) is 22.1. The second-order valence-electron chi connectivity index (χ2n) is 7.20. The van der Waals surface area contributed by atoms with E-state index in [2.05, 4.69) is 4.98 Å². The Morgan fingerprint density at radius 3 is 2.48 bits per heavy atom. The number of rotatable bonds is 8. The molecular formula is C23H24BN3O4. The monoisotopic (exact) mass is 417 g/mol. The number of esters is 1. The van der Waals surface area contributed by atoms with Crippen molar-refractivity contribution in [3.63, 3.8) is 0 Å². The Bertz CT molecular complexity index is 1140. The molecule has 0 bridgehead atoms. The van der Waals surface area contributed by atoms with Crippen molar-refractivity contribution in [2.75, 3.05) is 44.1 Å². The molecule has 0 aliphatic rings. The van der Waals surface area contributed by atoms with Crippen molar-refractivity contribution in [2.24, 2.45) is 0 Å². The van der Waals surface area contributed by atoms with E-state index in [0.29, 0.717) is 17.6 Å². The number of benzene rings is 2. The molecule has 158 valence electrons. The number of ether oxygens (including phenoxy) is 1. The van der Waals surface area contributed by atoms with Crippen molar-refractivity contribution in [1.82, 2.24) is 4.98 Å². The van der Waals surface area contributed by atoms with Crippen LogP contribution in [-0.2, 0) is 9.53 Å². The number of carbonyl (C=O) groups is 1. The molecule has 2 radical (unpaired) electrons. The van der Waals surface area contributed by atoms with Gasteiger partial charge in [0.15, 0.2) is 5.58 Å². The lowest BCUT2D eigenvalue weighted by Gasteiger charge is -2.19. The molecule has 0 atom stereocenters. The van der Waals surface area contributed by atoms with E-state index in [1.165, 1.54) is 0 Å². The topological polar surface area (TPSA) is 75.9 Å². The van der Waals surface area contributed by atoms with Gasteiger partial charge in [-0.25, -0.2) is 9.78 Å². The molecule has 8 heteroatoms. The van der Waals surface area contributed by atoms with Gasteiger partial charge in [-0.3, -0.25) is 4.79 Å². The van der Waals surface area contributed by atoms with Crippen molar-refractivity contribution in [1.29, 1.82) is 0 Å². The third-order valence-corrected chi connectivity index (χ3v) is 4.74. The van der Waals surface area contributed by atoms with E-state index in [9.17, 15) is 9.59 Å². The molecule has 3 aromatic rings. The highest BCUT2D eigenvalue weighted by Crippen LogP contribution is 2.19. The van der Waals surface area contributed by atoms with Crippen molar-refractivity contribution < 1.29 is 13.9 Å². The molecule has 0 fully saturated rings. The fourth-order valence-electron chi connectivity index (χ4n) is 2.89. The maximum atomic E-state index is 12.3. The van der Waals surface area contributed by atoms with Gasteiger partial charge in [-0.15, -0.1) is 0 Å². The van der Waals surface area contributed by atoms with Gasteiger partial charge in [-0.2, -0.15) is 0 Å². The fraction of sp³-hybridized carbons (Fsp3) is 0.261. The summed E-state index contributed by atoms with van der Waals surface area (Å²) < 4.78 is 10.4. The Balaban J connectivity index is 1.69. The van der Waals surface area contributed by atoms with Gasteiger partial charge in [0.05, 0.1) is 14.4 Å². The van der Waals surface area contributed by atoms with Crippen molar-refractivity contribution in [3.8, 4) is 0 Å². The molecule has 0 spiro atoms. The quantitative estimate of drug-likeness (QED) is 0.412. The first-order valence-electron chi connectivity index (χ1n) is 9.84. The maximum absolute atomic E-state index is 12.3.